The number of aromatic nitrogens is 2. The van der Waals surface area contributed by atoms with Gasteiger partial charge in [0.15, 0.2) is 0 Å². The van der Waals surface area contributed by atoms with Crippen LogP contribution in [0.4, 0.5) is 15.8 Å². The number of nitro benzene ring substituents is 2. The van der Waals surface area contributed by atoms with E-state index in [2.05, 4.69) is 15.5 Å². The van der Waals surface area contributed by atoms with Gasteiger partial charge in [0, 0.05) is 17.9 Å². The van der Waals surface area contributed by atoms with Gasteiger partial charge in [-0.1, -0.05) is 24.3 Å². The van der Waals surface area contributed by atoms with E-state index in [0.29, 0.717) is 34.2 Å². The van der Waals surface area contributed by atoms with Gasteiger partial charge >= 0.3 is 17.3 Å². The van der Waals surface area contributed by atoms with Crippen LogP contribution in [-0.4, -0.2) is 50.1 Å². The highest BCUT2D eigenvalue weighted by molar-refractivity contribution is 5.92. The number of fused-ring (bicyclic) bond motifs is 1. The van der Waals surface area contributed by atoms with Crippen molar-refractivity contribution in [3.05, 3.63) is 113 Å². The Bertz CT molecular complexity index is 1790. The zero-order chi connectivity index (χ0) is 29.8. The molecule has 210 valence electrons. The number of hydrogen-bond donors (Lipinski definition) is 1. The van der Waals surface area contributed by atoms with Crippen molar-refractivity contribution in [1.29, 1.82) is 0 Å². The number of H-pyrrole nitrogens is 1. The first-order chi connectivity index (χ1) is 19.5. The molecule has 0 unspecified atom stereocenters. The quantitative estimate of drug-likeness (QED) is 0.0773. The van der Waals surface area contributed by atoms with Crippen LogP contribution in [0.3, 0.4) is 0 Å². The molecule has 0 saturated heterocycles. The van der Waals surface area contributed by atoms with Crippen molar-refractivity contribution >= 4 is 28.1 Å². The van der Waals surface area contributed by atoms with Gasteiger partial charge in [-0.15, -0.1) is 0 Å². The summed E-state index contributed by atoms with van der Waals surface area (Å²) in [5, 5.41) is 46.0. The van der Waals surface area contributed by atoms with Crippen LogP contribution >= 0.6 is 0 Å². The molecule has 0 radical (unpaired) electrons. The monoisotopic (exact) mass is 567 g/mol. The average molecular weight is 567 g/mol. The van der Waals surface area contributed by atoms with E-state index in [1.165, 1.54) is 20.2 Å². The molecule has 4 aromatic rings. The highest BCUT2D eigenvalue weighted by Gasteiger charge is 2.30. The second kappa shape index (κ2) is 11.4. The van der Waals surface area contributed by atoms with Crippen molar-refractivity contribution in [1.82, 2.24) is 15.2 Å². The Morgan fingerprint density at radius 1 is 1.00 bits per heavy atom. The predicted octanol–water partition coefficient (Wildman–Crippen LogP) is 3.42. The van der Waals surface area contributed by atoms with Gasteiger partial charge in [0.1, 0.15) is 11.9 Å². The maximum absolute atomic E-state index is 14.7. The number of halogens is 1. The molecule has 0 fully saturated rings. The van der Waals surface area contributed by atoms with Crippen LogP contribution < -0.4 is 15.1 Å². The lowest BCUT2D eigenvalue weighted by Crippen LogP contribution is -2.21. The van der Waals surface area contributed by atoms with Gasteiger partial charge in [0.2, 0.25) is 16.8 Å². The molecule has 0 aliphatic carbocycles. The van der Waals surface area contributed by atoms with Crippen molar-refractivity contribution < 1.29 is 33.6 Å². The first-order valence-electron chi connectivity index (χ1n) is 11.4. The summed E-state index contributed by atoms with van der Waals surface area (Å²) in [6, 6.07) is 11.2. The van der Waals surface area contributed by atoms with E-state index in [1.807, 2.05) is 0 Å². The molecule has 0 aliphatic heterocycles. The summed E-state index contributed by atoms with van der Waals surface area (Å²) in [6.45, 7) is 0. The highest BCUT2D eigenvalue weighted by atomic mass is 19.1. The van der Waals surface area contributed by atoms with Crippen LogP contribution in [-0.2, 0) is 6.42 Å². The highest BCUT2D eigenvalue weighted by Crippen LogP contribution is 2.39. The van der Waals surface area contributed by atoms with Gasteiger partial charge in [-0.25, -0.2) is 14.3 Å². The first kappa shape index (κ1) is 28.0. The summed E-state index contributed by atoms with van der Waals surface area (Å²) in [6.07, 6.45) is 0.0621. The van der Waals surface area contributed by atoms with Crippen LogP contribution in [0, 0.1) is 31.3 Å². The normalized spacial score (nSPS) is 11.2. The van der Waals surface area contributed by atoms with Gasteiger partial charge in [-0.2, -0.15) is 10.1 Å². The number of nitrogens with zero attached hydrogens (tertiary/aromatic N) is 6. The van der Waals surface area contributed by atoms with Crippen molar-refractivity contribution in [2.75, 3.05) is 14.1 Å². The van der Waals surface area contributed by atoms with Crippen molar-refractivity contribution in [2.24, 2.45) is 5.28 Å². The third kappa shape index (κ3) is 6.03. The molecular formula is C24H18FN7O9. The summed E-state index contributed by atoms with van der Waals surface area (Å²) in [7, 11) is 2.57. The number of rotatable bonds is 9. The molecule has 17 heteroatoms. The Balaban J connectivity index is 1.69. The van der Waals surface area contributed by atoms with Gasteiger partial charge in [0.05, 0.1) is 45.6 Å². The molecule has 1 aromatic heterocycles. The van der Waals surface area contributed by atoms with E-state index in [9.17, 15) is 39.4 Å². The summed E-state index contributed by atoms with van der Waals surface area (Å²) >= 11 is 0. The summed E-state index contributed by atoms with van der Waals surface area (Å²) < 4.78 is 19.8. The molecular weight excluding hydrogens is 549 g/mol. The van der Waals surface area contributed by atoms with Crippen LogP contribution in [0.15, 0.2) is 64.7 Å². The number of hydrazine groups is 1. The fourth-order valence-electron chi connectivity index (χ4n) is 3.62. The van der Waals surface area contributed by atoms with Crippen LogP contribution in [0.25, 0.3) is 10.8 Å². The number of nitro groups is 2. The summed E-state index contributed by atoms with van der Waals surface area (Å²) in [5.41, 5.74) is -2.19. The maximum atomic E-state index is 14.7. The van der Waals surface area contributed by atoms with E-state index < -0.39 is 55.6 Å². The van der Waals surface area contributed by atoms with Gasteiger partial charge < -0.3 is 9.94 Å². The molecule has 3 aromatic carbocycles. The Kier molecular flexibility index (Phi) is 7.79. The van der Waals surface area contributed by atoms with E-state index in [4.69, 9.17) is 9.57 Å². The minimum absolute atomic E-state index is 0.0621. The fraction of sp³-hybridized carbons (Fsp3) is 0.125. The number of carbonyl (C=O) groups is 1. The zero-order valence-corrected chi connectivity index (χ0v) is 21.1. The van der Waals surface area contributed by atoms with E-state index in [1.54, 1.807) is 24.3 Å². The van der Waals surface area contributed by atoms with Crippen LogP contribution in [0.1, 0.15) is 21.6 Å². The van der Waals surface area contributed by atoms with Gasteiger partial charge in [-0.05, 0) is 23.8 Å². The van der Waals surface area contributed by atoms with Gasteiger partial charge in [0.25, 0.3) is 5.56 Å². The van der Waals surface area contributed by atoms with Crippen LogP contribution in [0.5, 0.6) is 11.5 Å². The SMILES string of the molecule is CN(C)/[N+]([O-])=N\Oc1cc(OC(=O)c2cc(Cc3n[nH]c(=O)c4ccccc34)ccc2F)c([N+](=O)[O-])cc1[N+](=O)[O-]. The topological polar surface area (TPSA) is 209 Å². The standard InChI is InChI=1S/C24H18FN7O9/c1-29(2)32(39)28-41-22-12-21(19(30(35)36)11-20(22)31(37)38)40-24(34)16-9-13(7-8-17(16)25)10-18-14-5-3-4-6-15(14)23(33)27-26-18/h3-9,11-12H,10H2,1-2H3,(H,27,33)/b32-28+. The summed E-state index contributed by atoms with van der Waals surface area (Å²) in [4.78, 5) is 50.6. The molecule has 4 rings (SSSR count). The molecule has 0 saturated carbocycles. The Hall–Kier alpha value is -6.00. The molecule has 0 aliphatic rings. The van der Waals surface area contributed by atoms with Crippen molar-refractivity contribution in [3.8, 4) is 11.5 Å². The zero-order valence-electron chi connectivity index (χ0n) is 21.1. The molecule has 41 heavy (non-hydrogen) atoms. The third-order valence-corrected chi connectivity index (χ3v) is 5.59. The maximum Gasteiger partial charge on any atom is 0.346 e. The number of aromatic amines is 1. The minimum atomic E-state index is -1.37. The number of benzene rings is 3. The number of ether oxygens (including phenoxy) is 1. The molecule has 0 spiro atoms. The smallest absolute Gasteiger partial charge is 0.346 e. The van der Waals surface area contributed by atoms with Crippen molar-refractivity contribution in [3.63, 3.8) is 0 Å². The number of hydrogen-bond acceptors (Lipinski definition) is 11. The lowest BCUT2D eigenvalue weighted by atomic mass is 10.0. The molecule has 0 amide bonds. The van der Waals surface area contributed by atoms with E-state index >= 15 is 0 Å². The molecule has 1 heterocycles. The van der Waals surface area contributed by atoms with Crippen LogP contribution in [0.2, 0.25) is 0 Å². The Labute approximate surface area is 227 Å². The van der Waals surface area contributed by atoms with Crippen molar-refractivity contribution in [2.45, 2.75) is 6.42 Å². The minimum Gasteiger partial charge on any atom is -0.569 e. The summed E-state index contributed by atoms with van der Waals surface area (Å²) in [5.74, 6) is -4.00. The van der Waals surface area contributed by atoms with E-state index in [-0.39, 0.29) is 11.4 Å². The molecule has 16 nitrogen and oxygen atoms in total. The molecule has 1 N–H and O–H groups in total. The molecule has 0 bridgehead atoms. The second-order valence-electron chi connectivity index (χ2n) is 8.50. The lowest BCUT2D eigenvalue weighted by Gasteiger charge is -2.10. The number of carbonyl (C=O) groups excluding carboxylic acids is 1. The average Bonchev–Trinajstić information content (AvgIpc) is 2.93. The van der Waals surface area contributed by atoms with E-state index in [0.717, 1.165) is 17.1 Å². The Morgan fingerprint density at radius 2 is 1.66 bits per heavy atom. The second-order valence-corrected chi connectivity index (χ2v) is 8.50. The largest absolute Gasteiger partial charge is 0.569 e. The molecule has 0 atom stereocenters. The predicted molar refractivity (Wildman–Crippen MR) is 137 cm³/mol. The fourth-order valence-corrected chi connectivity index (χ4v) is 3.62. The number of nitrogens with one attached hydrogen (secondary N) is 1. The van der Waals surface area contributed by atoms with Gasteiger partial charge in [-0.3, -0.25) is 29.9 Å². The number of esters is 1. The third-order valence-electron chi connectivity index (χ3n) is 5.59. The Morgan fingerprint density at radius 3 is 2.32 bits per heavy atom. The first-order valence-corrected chi connectivity index (χ1v) is 11.4. The lowest BCUT2D eigenvalue weighted by molar-refractivity contribution is -0.695.